The number of aryl methyl sites for hydroxylation is 1. The van der Waals surface area contributed by atoms with Crippen molar-refractivity contribution in [3.8, 4) is 0 Å². The summed E-state index contributed by atoms with van der Waals surface area (Å²) in [4.78, 5) is 2.18. The molecule has 2 aromatic carbocycles. The quantitative estimate of drug-likeness (QED) is 0.507. The molecule has 1 N–H and O–H groups in total. The van der Waals surface area contributed by atoms with Crippen LogP contribution in [-0.2, 0) is 16.4 Å². The van der Waals surface area contributed by atoms with E-state index in [1.54, 1.807) is 30.3 Å². The molecule has 0 saturated carbocycles. The van der Waals surface area contributed by atoms with E-state index in [-0.39, 0.29) is 4.90 Å². The van der Waals surface area contributed by atoms with E-state index in [1.165, 1.54) is 12.8 Å². The first-order valence-electron chi connectivity index (χ1n) is 9.44. The van der Waals surface area contributed by atoms with E-state index in [9.17, 15) is 8.42 Å². The first-order chi connectivity index (χ1) is 13.2. The molecule has 2 aromatic rings. The van der Waals surface area contributed by atoms with Crippen molar-refractivity contribution < 1.29 is 8.42 Å². The van der Waals surface area contributed by atoms with Crippen LogP contribution in [0.2, 0.25) is 10.0 Å². The average molecular weight is 443 g/mol. The third kappa shape index (κ3) is 6.75. The Hall–Kier alpha value is -1.11. The second kappa shape index (κ2) is 10.6. The predicted octanol–water partition coefficient (Wildman–Crippen LogP) is 5.31. The Morgan fingerprint density at radius 3 is 2.25 bits per heavy atom. The van der Waals surface area contributed by atoms with E-state index < -0.39 is 16.1 Å². The van der Waals surface area contributed by atoms with E-state index >= 15 is 0 Å². The van der Waals surface area contributed by atoms with Gasteiger partial charge in [-0.3, -0.25) is 0 Å². The second-order valence-corrected chi connectivity index (χ2v) is 9.74. The number of unbranched alkanes of at least 4 members (excludes halogenated alkanes) is 2. The molecule has 7 heteroatoms. The summed E-state index contributed by atoms with van der Waals surface area (Å²) in [5.41, 5.74) is 1.92. The summed E-state index contributed by atoms with van der Waals surface area (Å²) in [7, 11) is 0.115. The maximum Gasteiger partial charge on any atom is 0.241 e. The van der Waals surface area contributed by atoms with E-state index in [2.05, 4.69) is 11.6 Å². The Bertz CT molecular complexity index is 868. The molecule has 0 amide bonds. The lowest BCUT2D eigenvalue weighted by Crippen LogP contribution is -2.35. The zero-order valence-corrected chi connectivity index (χ0v) is 18.9. The maximum absolute atomic E-state index is 12.9. The predicted molar refractivity (Wildman–Crippen MR) is 118 cm³/mol. The van der Waals surface area contributed by atoms with Gasteiger partial charge in [0.25, 0.3) is 0 Å². The largest absolute Gasteiger partial charge is 0.307 e. The van der Waals surface area contributed by atoms with Crippen LogP contribution in [0.25, 0.3) is 0 Å². The number of rotatable bonds is 10. The number of halogens is 2. The number of nitrogens with zero attached hydrogens (tertiary/aromatic N) is 1. The highest BCUT2D eigenvalue weighted by Crippen LogP contribution is 2.27. The molecular weight excluding hydrogens is 415 g/mol. The zero-order chi connectivity index (χ0) is 20.7. The van der Waals surface area contributed by atoms with Gasteiger partial charge in [-0.05, 0) is 62.3 Å². The van der Waals surface area contributed by atoms with Gasteiger partial charge in [-0.1, -0.05) is 61.2 Å². The summed E-state index contributed by atoms with van der Waals surface area (Å²) in [5, 5.41) is 0.842. The van der Waals surface area contributed by atoms with Crippen LogP contribution in [0.4, 0.5) is 0 Å². The molecular formula is C21H28Cl2N2O2S. The van der Waals surface area contributed by atoms with Gasteiger partial charge in [-0.2, -0.15) is 0 Å². The number of sulfonamides is 1. The number of benzene rings is 2. The average Bonchev–Trinajstić information content (AvgIpc) is 2.63. The first-order valence-corrected chi connectivity index (χ1v) is 11.7. The summed E-state index contributed by atoms with van der Waals surface area (Å²) in [6.45, 7) is 2.66. The highest BCUT2D eigenvalue weighted by molar-refractivity contribution is 7.89. The van der Waals surface area contributed by atoms with Crippen molar-refractivity contribution in [2.24, 2.45) is 0 Å². The van der Waals surface area contributed by atoms with E-state index in [0.29, 0.717) is 16.6 Å². The smallest absolute Gasteiger partial charge is 0.241 e. The Labute approximate surface area is 178 Å². The molecule has 0 fully saturated rings. The van der Waals surface area contributed by atoms with Gasteiger partial charge in [0.2, 0.25) is 10.0 Å². The molecule has 2 rings (SSSR count). The lowest BCUT2D eigenvalue weighted by Gasteiger charge is -2.23. The van der Waals surface area contributed by atoms with Crippen LogP contribution < -0.4 is 4.72 Å². The lowest BCUT2D eigenvalue weighted by atomic mass is 10.1. The van der Waals surface area contributed by atoms with Gasteiger partial charge in [-0.15, -0.1) is 0 Å². The summed E-state index contributed by atoms with van der Waals surface area (Å²) in [5.74, 6) is 0. The van der Waals surface area contributed by atoms with E-state index in [0.717, 1.165) is 24.0 Å². The van der Waals surface area contributed by atoms with Crippen LogP contribution in [0.3, 0.4) is 0 Å². The van der Waals surface area contributed by atoms with E-state index in [1.807, 2.05) is 31.1 Å². The minimum absolute atomic E-state index is 0.260. The second-order valence-electron chi connectivity index (χ2n) is 7.21. The SMILES string of the molecule is CCCCCc1ccc(S(=O)(=O)N[C@H](CN(C)C)c2ccc(Cl)c(Cl)c2)cc1. The minimum atomic E-state index is -3.67. The van der Waals surface area contributed by atoms with Crippen LogP contribution >= 0.6 is 23.2 Å². The van der Waals surface area contributed by atoms with Crippen molar-refractivity contribution in [1.29, 1.82) is 0 Å². The van der Waals surface area contributed by atoms with Gasteiger partial charge >= 0.3 is 0 Å². The lowest BCUT2D eigenvalue weighted by molar-refractivity contribution is 0.363. The zero-order valence-electron chi connectivity index (χ0n) is 16.6. The van der Waals surface area contributed by atoms with Gasteiger partial charge < -0.3 is 4.90 Å². The van der Waals surface area contributed by atoms with Gasteiger partial charge in [0.05, 0.1) is 21.0 Å². The Morgan fingerprint density at radius 1 is 1.00 bits per heavy atom. The van der Waals surface area contributed by atoms with Crippen LogP contribution in [-0.4, -0.2) is 34.0 Å². The standard InChI is InChI=1S/C21H28Cl2N2O2S/c1-4-5-6-7-16-8-11-18(12-9-16)28(26,27)24-21(15-25(2)3)17-10-13-19(22)20(23)14-17/h8-14,21,24H,4-7,15H2,1-3H3/t21-/m1/s1. The van der Waals surface area contributed by atoms with Crippen molar-refractivity contribution in [1.82, 2.24) is 9.62 Å². The monoisotopic (exact) mass is 442 g/mol. The van der Waals surface area contributed by atoms with Gasteiger partial charge in [-0.25, -0.2) is 13.1 Å². The third-order valence-electron chi connectivity index (χ3n) is 4.49. The number of likely N-dealkylation sites (N-methyl/N-ethyl adjacent to an activating group) is 1. The van der Waals surface area contributed by atoms with Crippen molar-refractivity contribution in [2.75, 3.05) is 20.6 Å². The summed E-state index contributed by atoms with van der Waals surface area (Å²) in [6.07, 6.45) is 4.42. The molecule has 0 aromatic heterocycles. The molecule has 1 atom stereocenters. The maximum atomic E-state index is 12.9. The van der Waals surface area contributed by atoms with Gasteiger partial charge in [0.15, 0.2) is 0 Å². The summed E-state index contributed by atoms with van der Waals surface area (Å²) >= 11 is 12.1. The molecule has 0 heterocycles. The summed E-state index contributed by atoms with van der Waals surface area (Å²) in [6, 6.07) is 11.9. The number of nitrogens with one attached hydrogen (secondary N) is 1. The van der Waals surface area contributed by atoms with Gasteiger partial charge in [0, 0.05) is 6.54 Å². The highest BCUT2D eigenvalue weighted by Gasteiger charge is 2.22. The number of hydrogen-bond acceptors (Lipinski definition) is 3. The van der Waals surface area contributed by atoms with Crippen molar-refractivity contribution in [3.63, 3.8) is 0 Å². The fourth-order valence-electron chi connectivity index (χ4n) is 2.97. The normalized spacial score (nSPS) is 13.1. The fourth-order valence-corrected chi connectivity index (χ4v) is 4.50. The van der Waals surface area contributed by atoms with Crippen molar-refractivity contribution >= 4 is 33.2 Å². The third-order valence-corrected chi connectivity index (χ3v) is 6.72. The molecule has 0 aliphatic carbocycles. The minimum Gasteiger partial charge on any atom is -0.307 e. The Kier molecular flexibility index (Phi) is 8.78. The fraction of sp³-hybridized carbons (Fsp3) is 0.429. The summed E-state index contributed by atoms with van der Waals surface area (Å²) < 4.78 is 28.7. The molecule has 0 radical (unpaired) electrons. The van der Waals surface area contributed by atoms with Crippen LogP contribution in [0, 0.1) is 0 Å². The topological polar surface area (TPSA) is 49.4 Å². The highest BCUT2D eigenvalue weighted by atomic mass is 35.5. The van der Waals surface area contributed by atoms with E-state index in [4.69, 9.17) is 23.2 Å². The molecule has 0 aliphatic heterocycles. The van der Waals surface area contributed by atoms with Crippen molar-refractivity contribution in [2.45, 2.75) is 43.5 Å². The van der Waals surface area contributed by atoms with Crippen LogP contribution in [0.15, 0.2) is 47.4 Å². The molecule has 0 aliphatic rings. The molecule has 28 heavy (non-hydrogen) atoms. The molecule has 0 bridgehead atoms. The first kappa shape index (κ1) is 23.2. The van der Waals surface area contributed by atoms with Gasteiger partial charge in [0.1, 0.15) is 0 Å². The van der Waals surface area contributed by atoms with Crippen LogP contribution in [0.1, 0.15) is 43.4 Å². The number of hydrogen-bond donors (Lipinski definition) is 1. The molecule has 0 unspecified atom stereocenters. The molecule has 154 valence electrons. The van der Waals surface area contributed by atoms with Crippen molar-refractivity contribution in [3.05, 3.63) is 63.6 Å². The van der Waals surface area contributed by atoms with Crippen LogP contribution in [0.5, 0.6) is 0 Å². The Balaban J connectivity index is 2.20. The molecule has 0 saturated heterocycles. The molecule has 4 nitrogen and oxygen atoms in total. The molecule has 0 spiro atoms. The Morgan fingerprint density at radius 2 is 1.68 bits per heavy atom.